The molecule has 0 bridgehead atoms. The van der Waals surface area contributed by atoms with Crippen LogP contribution < -0.4 is 10.6 Å². The molecular weight excluding hydrogens is 247 g/mol. The number of amides is 2. The first-order valence-corrected chi connectivity index (χ1v) is 5.37. The van der Waals surface area contributed by atoms with Gasteiger partial charge in [-0.3, -0.25) is 9.59 Å². The number of hydrogen-bond donors (Lipinski definition) is 2. The first kappa shape index (κ1) is 13.4. The van der Waals surface area contributed by atoms with Crippen LogP contribution >= 0.6 is 11.6 Å². The minimum atomic E-state index is -0.665. The van der Waals surface area contributed by atoms with Crippen LogP contribution in [0.3, 0.4) is 0 Å². The van der Waals surface area contributed by atoms with Crippen molar-refractivity contribution in [1.29, 1.82) is 0 Å². The molecule has 0 aliphatic rings. The Morgan fingerprint density at radius 3 is 2.76 bits per heavy atom. The second kappa shape index (κ2) is 6.20. The molecule has 1 rings (SSSR count). The van der Waals surface area contributed by atoms with Gasteiger partial charge in [0.2, 0.25) is 11.8 Å². The Morgan fingerprint density at radius 2 is 2.12 bits per heavy atom. The first-order valence-electron chi connectivity index (χ1n) is 4.99. The highest BCUT2D eigenvalue weighted by atomic mass is 35.5. The van der Waals surface area contributed by atoms with Gasteiger partial charge >= 0.3 is 0 Å². The van der Waals surface area contributed by atoms with Crippen LogP contribution in [0.2, 0.25) is 5.02 Å². The molecule has 4 nitrogen and oxygen atoms in total. The Kier molecular flexibility index (Phi) is 4.90. The van der Waals surface area contributed by atoms with Gasteiger partial charge in [-0.15, -0.1) is 0 Å². The van der Waals surface area contributed by atoms with Gasteiger partial charge in [0.1, 0.15) is 0 Å². The van der Waals surface area contributed by atoms with Gasteiger partial charge in [0.05, 0.1) is 10.7 Å². The maximum atomic E-state index is 13.4. The van der Waals surface area contributed by atoms with Gasteiger partial charge < -0.3 is 10.6 Å². The normalized spacial score (nSPS) is 9.82. The molecule has 0 aromatic heterocycles. The minimum absolute atomic E-state index is 0.0327. The van der Waals surface area contributed by atoms with Crippen molar-refractivity contribution < 1.29 is 14.0 Å². The van der Waals surface area contributed by atoms with Crippen LogP contribution in [0.4, 0.5) is 10.1 Å². The van der Waals surface area contributed by atoms with E-state index in [1.54, 1.807) is 0 Å². The van der Waals surface area contributed by atoms with Crippen molar-refractivity contribution in [2.75, 3.05) is 11.9 Å². The maximum Gasteiger partial charge on any atom is 0.226 e. The molecule has 0 spiro atoms. The smallest absolute Gasteiger partial charge is 0.226 e. The number of hydrogen-bond acceptors (Lipinski definition) is 2. The highest BCUT2D eigenvalue weighted by molar-refractivity contribution is 6.31. The summed E-state index contributed by atoms with van der Waals surface area (Å²) < 4.78 is 13.4. The number of anilines is 1. The molecule has 6 heteroatoms. The molecule has 1 aromatic carbocycles. The third-order valence-electron chi connectivity index (χ3n) is 1.95. The average Bonchev–Trinajstić information content (AvgIpc) is 2.24. The second-order valence-corrected chi connectivity index (χ2v) is 3.79. The zero-order valence-corrected chi connectivity index (χ0v) is 9.97. The van der Waals surface area contributed by atoms with Crippen LogP contribution in [0.1, 0.15) is 13.3 Å². The van der Waals surface area contributed by atoms with Gasteiger partial charge in [-0.05, 0) is 12.1 Å². The summed E-state index contributed by atoms with van der Waals surface area (Å²) in [4.78, 5) is 21.9. The van der Waals surface area contributed by atoms with Crippen LogP contribution in [0, 0.1) is 5.82 Å². The van der Waals surface area contributed by atoms with Crippen molar-refractivity contribution in [2.45, 2.75) is 13.3 Å². The van der Waals surface area contributed by atoms with Crippen molar-refractivity contribution in [3.8, 4) is 0 Å². The van der Waals surface area contributed by atoms with Crippen molar-refractivity contribution in [3.05, 3.63) is 29.0 Å². The maximum absolute atomic E-state index is 13.4. The van der Waals surface area contributed by atoms with E-state index in [9.17, 15) is 14.0 Å². The zero-order valence-electron chi connectivity index (χ0n) is 9.22. The predicted molar refractivity (Wildman–Crippen MR) is 63.3 cm³/mol. The fraction of sp³-hybridized carbons (Fsp3) is 0.273. The molecule has 1 aromatic rings. The Hall–Kier alpha value is -1.62. The van der Waals surface area contributed by atoms with Crippen molar-refractivity contribution >= 4 is 29.1 Å². The largest absolute Gasteiger partial charge is 0.356 e. The van der Waals surface area contributed by atoms with Crippen LogP contribution in [0.25, 0.3) is 0 Å². The molecule has 0 unspecified atom stereocenters. The molecular formula is C11H12ClFN2O2. The number of benzene rings is 1. The summed E-state index contributed by atoms with van der Waals surface area (Å²) in [5, 5.41) is 4.79. The summed E-state index contributed by atoms with van der Waals surface area (Å²) in [7, 11) is 0. The van der Waals surface area contributed by atoms with E-state index in [-0.39, 0.29) is 35.5 Å². The van der Waals surface area contributed by atoms with Crippen molar-refractivity contribution in [2.24, 2.45) is 0 Å². The summed E-state index contributed by atoms with van der Waals surface area (Å²) in [5.74, 6) is -1.27. The molecule has 0 saturated carbocycles. The van der Waals surface area contributed by atoms with Crippen LogP contribution in [0.15, 0.2) is 18.2 Å². The SMILES string of the molecule is CC(=O)NCCC(=O)Nc1cccc(Cl)c1F. The van der Waals surface area contributed by atoms with E-state index in [1.807, 2.05) is 0 Å². The number of carbonyl (C=O) groups excluding carboxylic acids is 2. The highest BCUT2D eigenvalue weighted by Gasteiger charge is 2.09. The summed E-state index contributed by atoms with van der Waals surface area (Å²) in [5.41, 5.74) is 0.0327. The van der Waals surface area contributed by atoms with E-state index < -0.39 is 5.82 Å². The number of nitrogens with one attached hydrogen (secondary N) is 2. The van der Waals surface area contributed by atoms with Crippen molar-refractivity contribution in [3.63, 3.8) is 0 Å². The third-order valence-corrected chi connectivity index (χ3v) is 2.24. The molecule has 17 heavy (non-hydrogen) atoms. The van der Waals surface area contributed by atoms with E-state index in [2.05, 4.69) is 10.6 Å². The number of rotatable bonds is 4. The van der Waals surface area contributed by atoms with Gasteiger partial charge in [-0.25, -0.2) is 4.39 Å². The lowest BCUT2D eigenvalue weighted by molar-refractivity contribution is -0.119. The average molecular weight is 259 g/mol. The summed E-state index contributed by atoms with van der Waals surface area (Å²) in [6.45, 7) is 1.57. The molecule has 0 fully saturated rings. The van der Waals surface area contributed by atoms with E-state index >= 15 is 0 Å². The monoisotopic (exact) mass is 258 g/mol. The zero-order chi connectivity index (χ0) is 12.8. The highest BCUT2D eigenvalue weighted by Crippen LogP contribution is 2.21. The standard InChI is InChI=1S/C11H12ClFN2O2/c1-7(16)14-6-5-10(17)15-9-4-2-3-8(12)11(9)13/h2-4H,5-6H2,1H3,(H,14,16)(H,15,17). The number of halogens is 2. The molecule has 0 heterocycles. The number of carbonyl (C=O) groups is 2. The molecule has 0 aliphatic carbocycles. The topological polar surface area (TPSA) is 58.2 Å². The molecule has 2 N–H and O–H groups in total. The molecule has 92 valence electrons. The summed E-state index contributed by atoms with van der Waals surface area (Å²) in [6.07, 6.45) is 0.0749. The molecule has 2 amide bonds. The van der Waals surface area contributed by atoms with Crippen LogP contribution in [0.5, 0.6) is 0 Å². The lowest BCUT2D eigenvalue weighted by atomic mass is 10.3. The Balaban J connectivity index is 2.51. The van der Waals surface area contributed by atoms with Gasteiger partial charge in [0, 0.05) is 19.9 Å². The Labute approximate surface area is 103 Å². The van der Waals surface area contributed by atoms with E-state index in [0.29, 0.717) is 0 Å². The fourth-order valence-electron chi connectivity index (χ4n) is 1.17. The lowest BCUT2D eigenvalue weighted by Crippen LogP contribution is -2.25. The predicted octanol–water partition coefficient (Wildman–Crippen LogP) is 1.94. The lowest BCUT2D eigenvalue weighted by Gasteiger charge is -2.07. The third kappa shape index (κ3) is 4.40. The van der Waals surface area contributed by atoms with Gasteiger partial charge in [-0.2, -0.15) is 0 Å². The van der Waals surface area contributed by atoms with Gasteiger partial charge in [0.15, 0.2) is 5.82 Å². The van der Waals surface area contributed by atoms with Crippen molar-refractivity contribution in [1.82, 2.24) is 5.32 Å². The Bertz CT molecular complexity index is 437. The second-order valence-electron chi connectivity index (χ2n) is 3.38. The van der Waals surface area contributed by atoms with Crippen LogP contribution in [-0.4, -0.2) is 18.4 Å². The Morgan fingerprint density at radius 1 is 1.41 bits per heavy atom. The molecule has 0 saturated heterocycles. The van der Waals surface area contributed by atoms with E-state index in [4.69, 9.17) is 11.6 Å². The molecule has 0 aliphatic heterocycles. The summed E-state index contributed by atoms with van der Waals surface area (Å²) >= 11 is 5.56. The van der Waals surface area contributed by atoms with Gasteiger partial charge in [-0.1, -0.05) is 17.7 Å². The quantitative estimate of drug-likeness (QED) is 0.867. The first-order chi connectivity index (χ1) is 8.00. The fourth-order valence-corrected chi connectivity index (χ4v) is 1.34. The van der Waals surface area contributed by atoms with E-state index in [0.717, 1.165) is 0 Å². The van der Waals surface area contributed by atoms with Gasteiger partial charge in [0.25, 0.3) is 0 Å². The minimum Gasteiger partial charge on any atom is -0.356 e. The van der Waals surface area contributed by atoms with E-state index in [1.165, 1.54) is 25.1 Å². The molecule has 0 radical (unpaired) electrons. The summed E-state index contributed by atoms with van der Waals surface area (Å²) in [6, 6.07) is 4.34. The van der Waals surface area contributed by atoms with Crippen LogP contribution in [-0.2, 0) is 9.59 Å². The molecule has 0 atom stereocenters.